The van der Waals surface area contributed by atoms with Crippen molar-refractivity contribution in [3.05, 3.63) is 122 Å². The Balaban J connectivity index is 1.14. The number of nitrogens with one attached hydrogen (secondary N) is 3. The molecule has 1 aliphatic carbocycles. The number of hydrogen-bond acceptors (Lipinski definition) is 14. The van der Waals surface area contributed by atoms with Gasteiger partial charge in [0.15, 0.2) is 0 Å². The van der Waals surface area contributed by atoms with Gasteiger partial charge in [-0.25, -0.2) is 14.3 Å². The number of methoxy groups -OCH3 is 3. The summed E-state index contributed by atoms with van der Waals surface area (Å²) in [4.78, 5) is 87.6. The molecule has 0 spiro atoms. The minimum absolute atomic E-state index is 0.0696. The van der Waals surface area contributed by atoms with Crippen LogP contribution in [0.15, 0.2) is 67.0 Å². The van der Waals surface area contributed by atoms with E-state index in [9.17, 15) is 34.4 Å². The molecule has 0 radical (unpaired) electrons. The molecule has 3 aliphatic heterocycles. The third kappa shape index (κ3) is 9.90. The van der Waals surface area contributed by atoms with Crippen LogP contribution in [-0.4, -0.2) is 122 Å². The van der Waals surface area contributed by atoms with Crippen molar-refractivity contribution in [3.8, 4) is 0 Å². The summed E-state index contributed by atoms with van der Waals surface area (Å²) in [6, 6.07) is 7.74. The molecule has 378 valence electrons. The van der Waals surface area contributed by atoms with Gasteiger partial charge in [0.1, 0.15) is 18.3 Å². The van der Waals surface area contributed by atoms with E-state index in [-0.39, 0.29) is 48.7 Å². The van der Waals surface area contributed by atoms with Crippen LogP contribution in [0.3, 0.4) is 0 Å². The second-order valence-electron chi connectivity index (χ2n) is 19.0. The SMILES string of the molecule is C=CC1=C(C)c2cc3nc(cc4[nH]c(cc5[nH]c(cc1n2)c(C)c5CCC(=O)NCC1CCN(CC(O)Cn2ccnc2[N+](=O)[O-])CC1)c(CCC(=O)OC)c4C)[C@@]1(C)C3=CC=C(C(=O)OC)[C@H]1C(=O)OC. The highest BCUT2D eigenvalue weighted by Crippen LogP contribution is 2.52. The van der Waals surface area contributed by atoms with E-state index < -0.39 is 34.3 Å². The number of aromatic nitrogens is 6. The lowest BCUT2D eigenvalue weighted by molar-refractivity contribution is -0.397. The number of rotatable bonds is 16. The summed E-state index contributed by atoms with van der Waals surface area (Å²) in [5.74, 6) is -2.93. The van der Waals surface area contributed by atoms with Crippen LogP contribution in [0.2, 0.25) is 0 Å². The van der Waals surface area contributed by atoms with Crippen LogP contribution in [-0.2, 0) is 58.2 Å². The summed E-state index contributed by atoms with van der Waals surface area (Å²) in [5.41, 5.74) is 10.1. The molecular weight excluding hydrogens is 923 g/mol. The maximum Gasteiger partial charge on any atom is 0.434 e. The van der Waals surface area contributed by atoms with Crippen LogP contribution in [0.5, 0.6) is 0 Å². The lowest BCUT2D eigenvalue weighted by atomic mass is 9.64. The predicted octanol–water partition coefficient (Wildman–Crippen LogP) is 6.32. The van der Waals surface area contributed by atoms with Gasteiger partial charge in [0, 0.05) is 53.6 Å². The van der Waals surface area contributed by atoms with Crippen LogP contribution >= 0.6 is 0 Å². The number of ether oxygens (including phenoxy) is 3. The number of aliphatic hydroxyl groups excluding tert-OH is 1. The first-order valence-corrected chi connectivity index (χ1v) is 24.0. The molecule has 0 aromatic carbocycles. The van der Waals surface area contributed by atoms with Crippen LogP contribution in [0.25, 0.3) is 38.8 Å². The van der Waals surface area contributed by atoms with Crippen molar-refractivity contribution in [2.24, 2.45) is 11.8 Å². The van der Waals surface area contributed by atoms with Crippen molar-refractivity contribution in [1.82, 2.24) is 39.7 Å². The molecule has 1 unspecified atom stereocenters. The Labute approximate surface area is 416 Å². The molecule has 4 aromatic rings. The van der Waals surface area contributed by atoms with Gasteiger partial charge in [-0.3, -0.25) is 19.4 Å². The summed E-state index contributed by atoms with van der Waals surface area (Å²) in [6.45, 7) is 14.3. The van der Waals surface area contributed by atoms with Crippen molar-refractivity contribution < 1.29 is 43.4 Å². The Hall–Kier alpha value is -7.51. The molecule has 1 saturated heterocycles. The molecule has 7 heterocycles. The van der Waals surface area contributed by atoms with Crippen molar-refractivity contribution in [2.75, 3.05) is 47.5 Å². The zero-order valence-electron chi connectivity index (χ0n) is 41.7. The molecule has 72 heavy (non-hydrogen) atoms. The summed E-state index contributed by atoms with van der Waals surface area (Å²) in [5, 5.41) is 25.1. The van der Waals surface area contributed by atoms with Gasteiger partial charge >= 0.3 is 23.9 Å². The normalized spacial score (nSPS) is 18.4. The average Bonchev–Trinajstić information content (AvgIpc) is 4.15. The third-order valence-corrected chi connectivity index (χ3v) is 14.8. The third-order valence-electron chi connectivity index (χ3n) is 14.8. The fourth-order valence-electron chi connectivity index (χ4n) is 10.6. The fraction of sp³-hybridized carbons (Fsp3) is 0.415. The molecule has 0 saturated carbocycles. The maximum absolute atomic E-state index is 13.9. The highest BCUT2D eigenvalue weighted by atomic mass is 16.6. The van der Waals surface area contributed by atoms with Gasteiger partial charge in [0.2, 0.25) is 5.91 Å². The van der Waals surface area contributed by atoms with E-state index in [1.165, 1.54) is 38.3 Å². The molecule has 8 rings (SSSR count). The number of β-amino-alcohol motifs (C(OH)–C–C–N with tert-alkyl or cyclic N) is 1. The smallest absolute Gasteiger partial charge is 0.434 e. The van der Waals surface area contributed by atoms with E-state index in [4.69, 9.17) is 24.2 Å². The average molecular weight is 984 g/mol. The summed E-state index contributed by atoms with van der Waals surface area (Å²) >= 11 is 0. The summed E-state index contributed by atoms with van der Waals surface area (Å²) < 4.78 is 16.9. The van der Waals surface area contributed by atoms with Crippen molar-refractivity contribution >= 4 is 68.5 Å². The van der Waals surface area contributed by atoms with E-state index in [1.807, 2.05) is 52.0 Å². The molecule has 4 aliphatic rings. The van der Waals surface area contributed by atoms with Crippen molar-refractivity contribution in [2.45, 2.75) is 84.3 Å². The number of fused-ring (bicyclic) bond motifs is 11. The number of hydrogen-bond donors (Lipinski definition) is 4. The Morgan fingerprint density at radius 3 is 2.22 bits per heavy atom. The molecule has 8 bridgehead atoms. The minimum Gasteiger partial charge on any atom is -0.469 e. The standard InChI is InChI=1S/C53H61N9O10/c1-9-34-29(2)40-23-45-38-13-10-37(50(66)71-7)49(51(67)72-8)53(38,5)46(59-45)25-41-31(4)36(12-15-48(65)70-6)44(58-41)24-43-35(30(3)39(57-43)22-42(34)56-40)11-14-47(64)55-26-32-16-19-60(20-17-32)27-33(63)28-61-21-18-54-52(61)62(68)69/h9-10,13,18,21-25,32-33,49,57-58,63H,1,11-12,14-17,19-20,26-28H2,2-8H3,(H,55,64)/t33?,49-,53+/m0/s1. The molecule has 19 heteroatoms. The van der Waals surface area contributed by atoms with E-state index in [2.05, 4.69) is 31.7 Å². The molecule has 19 nitrogen and oxygen atoms in total. The Morgan fingerprint density at radius 2 is 1.58 bits per heavy atom. The number of aryl methyl sites for hydroxylation is 4. The molecule has 4 aromatic heterocycles. The van der Waals surface area contributed by atoms with Crippen LogP contribution in [0.1, 0.15) is 84.6 Å². The predicted molar refractivity (Wildman–Crippen MR) is 270 cm³/mol. The Kier molecular flexibility index (Phi) is 14.9. The van der Waals surface area contributed by atoms with Gasteiger partial charge in [-0.2, -0.15) is 0 Å². The molecule has 4 N–H and O–H groups in total. The van der Waals surface area contributed by atoms with Gasteiger partial charge in [-0.15, -0.1) is 0 Å². The van der Waals surface area contributed by atoms with Gasteiger partial charge < -0.3 is 49.6 Å². The second-order valence-corrected chi connectivity index (χ2v) is 19.0. The van der Waals surface area contributed by atoms with Crippen LogP contribution in [0, 0.1) is 35.8 Å². The monoisotopic (exact) mass is 983 g/mol. The van der Waals surface area contributed by atoms with Gasteiger partial charge in [-0.1, -0.05) is 29.8 Å². The number of carbonyl (C=O) groups is 4. The zero-order valence-corrected chi connectivity index (χ0v) is 41.7. The van der Waals surface area contributed by atoms with Crippen LogP contribution in [0.4, 0.5) is 5.95 Å². The number of likely N-dealkylation sites (tertiary alicyclic amines) is 1. The topological polar surface area (TPSA) is 250 Å². The molecule has 1 fully saturated rings. The lowest BCUT2D eigenvalue weighted by Gasteiger charge is -2.36. The second kappa shape index (κ2) is 21.1. The maximum atomic E-state index is 13.9. The molecular formula is C53H61N9O10. The highest BCUT2D eigenvalue weighted by molar-refractivity contribution is 6.02. The van der Waals surface area contributed by atoms with Crippen LogP contribution < -0.4 is 5.32 Å². The van der Waals surface area contributed by atoms with Gasteiger partial charge in [0.25, 0.3) is 0 Å². The Bertz CT molecular complexity index is 3130. The van der Waals surface area contributed by atoms with Gasteiger partial charge in [0.05, 0.1) is 67.7 Å². The number of aromatic amines is 2. The first-order valence-electron chi connectivity index (χ1n) is 24.0. The summed E-state index contributed by atoms with van der Waals surface area (Å²) in [6.07, 6.45) is 9.89. The van der Waals surface area contributed by atoms with E-state index in [1.54, 1.807) is 18.2 Å². The van der Waals surface area contributed by atoms with Crippen molar-refractivity contribution in [1.29, 1.82) is 0 Å². The first-order chi connectivity index (χ1) is 34.5. The summed E-state index contributed by atoms with van der Waals surface area (Å²) in [7, 11) is 3.90. The van der Waals surface area contributed by atoms with E-state index in [0.29, 0.717) is 65.3 Å². The number of nitro groups is 1. The number of allylic oxidation sites excluding steroid dienone is 6. The number of esters is 3. The highest BCUT2D eigenvalue weighted by Gasteiger charge is 2.53. The first kappa shape index (κ1) is 50.9. The number of imidazole rings is 1. The zero-order chi connectivity index (χ0) is 51.6. The number of H-pyrrole nitrogens is 2. The largest absolute Gasteiger partial charge is 0.469 e. The van der Waals surface area contributed by atoms with Gasteiger partial charge in [-0.05, 0) is 135 Å². The lowest BCUT2D eigenvalue weighted by Crippen LogP contribution is -2.42. The Morgan fingerprint density at radius 1 is 0.903 bits per heavy atom. The van der Waals surface area contributed by atoms with Crippen molar-refractivity contribution in [3.63, 3.8) is 0 Å². The molecule has 3 atom stereocenters. The fourth-order valence-corrected chi connectivity index (χ4v) is 10.6. The van der Waals surface area contributed by atoms with E-state index in [0.717, 1.165) is 70.4 Å². The number of amides is 1. The number of carbonyl (C=O) groups excluding carboxylic acids is 4. The molecule has 1 amide bonds. The number of aliphatic hydroxyl groups is 1. The number of nitrogens with zero attached hydrogens (tertiary/aromatic N) is 6. The number of piperidine rings is 1. The minimum atomic E-state index is -1.20. The quantitative estimate of drug-likeness (QED) is 0.0415. The van der Waals surface area contributed by atoms with E-state index >= 15 is 0 Å².